The summed E-state index contributed by atoms with van der Waals surface area (Å²) in [4.78, 5) is 22.8. The molecule has 1 heterocycles. The zero-order valence-electron chi connectivity index (χ0n) is 14.0. The van der Waals surface area contributed by atoms with Crippen molar-refractivity contribution in [3.05, 3.63) is 71.6 Å². The van der Waals surface area contributed by atoms with Gasteiger partial charge in [-0.15, -0.1) is 10.2 Å². The zero-order valence-corrected chi connectivity index (χ0v) is 14.0. The Balaban J connectivity index is 1.56. The smallest absolute Gasteiger partial charge is 0.328 e. The lowest BCUT2D eigenvalue weighted by Crippen LogP contribution is -2.11. The third-order valence-electron chi connectivity index (χ3n) is 3.46. The number of carbonyl (C=O) groups is 2. The van der Waals surface area contributed by atoms with E-state index >= 15 is 0 Å². The molecule has 3 N–H and O–H groups in total. The first-order chi connectivity index (χ1) is 13.1. The Hall–Kier alpha value is -4.01. The minimum Gasteiger partial charge on any atom is -0.485 e. The molecule has 3 aromatic rings. The lowest BCUT2D eigenvalue weighted by Gasteiger charge is -2.07. The quantitative estimate of drug-likeness (QED) is 0.547. The van der Waals surface area contributed by atoms with Gasteiger partial charge in [-0.25, -0.2) is 4.79 Å². The van der Waals surface area contributed by atoms with Crippen molar-refractivity contribution in [2.75, 3.05) is 5.32 Å². The molecule has 0 saturated carbocycles. The fraction of sp³-hybridized carbons (Fsp3) is 0.0556. The van der Waals surface area contributed by atoms with Crippen LogP contribution in [-0.2, 0) is 11.4 Å². The van der Waals surface area contributed by atoms with Gasteiger partial charge >= 0.3 is 5.97 Å². The van der Waals surface area contributed by atoms with Gasteiger partial charge < -0.3 is 15.2 Å². The topological polar surface area (TPSA) is 130 Å². The number of carboxylic acid groups (broad SMARTS) is 1. The van der Waals surface area contributed by atoms with Crippen molar-refractivity contribution in [2.45, 2.75) is 6.61 Å². The number of H-pyrrole nitrogens is 1. The van der Waals surface area contributed by atoms with Crippen LogP contribution in [0.4, 0.5) is 5.69 Å². The Bertz CT molecular complexity index is 935. The third-order valence-corrected chi connectivity index (χ3v) is 3.46. The number of benzene rings is 2. The minimum absolute atomic E-state index is 0.171. The van der Waals surface area contributed by atoms with E-state index in [-0.39, 0.29) is 12.5 Å². The van der Waals surface area contributed by atoms with Crippen LogP contribution in [0.25, 0.3) is 6.08 Å². The van der Waals surface area contributed by atoms with Gasteiger partial charge in [0.1, 0.15) is 5.75 Å². The summed E-state index contributed by atoms with van der Waals surface area (Å²) in [5.74, 6) is -0.282. The van der Waals surface area contributed by atoms with E-state index in [0.29, 0.717) is 22.8 Å². The summed E-state index contributed by atoms with van der Waals surface area (Å²) in [7, 11) is 0. The third kappa shape index (κ3) is 5.23. The standard InChI is InChI=1S/C18H15N5O4/c24-17(25)10-3-12-1-6-14(7-2-12)19-18(26)13-4-8-15(9-5-13)27-11-16-20-22-23-21-16/h1-10H,11H2,(H,19,26)(H,24,25)(H,20,21,22,23)/b10-3+. The largest absolute Gasteiger partial charge is 0.485 e. The van der Waals surface area contributed by atoms with Gasteiger partial charge in [-0.1, -0.05) is 17.3 Å². The Morgan fingerprint density at radius 1 is 1.11 bits per heavy atom. The van der Waals surface area contributed by atoms with Crippen LogP contribution in [0, 0.1) is 0 Å². The first-order valence-corrected chi connectivity index (χ1v) is 7.88. The van der Waals surface area contributed by atoms with E-state index in [9.17, 15) is 9.59 Å². The van der Waals surface area contributed by atoms with Crippen molar-refractivity contribution >= 4 is 23.6 Å². The molecule has 1 aromatic heterocycles. The predicted molar refractivity (Wildman–Crippen MR) is 96.0 cm³/mol. The summed E-state index contributed by atoms with van der Waals surface area (Å²) in [5, 5.41) is 24.7. The maximum Gasteiger partial charge on any atom is 0.328 e. The highest BCUT2D eigenvalue weighted by Gasteiger charge is 2.07. The number of hydrogen-bond acceptors (Lipinski definition) is 6. The van der Waals surface area contributed by atoms with E-state index in [2.05, 4.69) is 25.9 Å². The van der Waals surface area contributed by atoms with Crippen molar-refractivity contribution in [2.24, 2.45) is 0 Å². The molecular formula is C18H15N5O4. The van der Waals surface area contributed by atoms with Crippen LogP contribution in [-0.4, -0.2) is 37.6 Å². The van der Waals surface area contributed by atoms with Crippen LogP contribution in [0.1, 0.15) is 21.7 Å². The van der Waals surface area contributed by atoms with Gasteiger partial charge in [0, 0.05) is 17.3 Å². The molecule has 0 saturated heterocycles. The molecule has 0 aliphatic heterocycles. The molecule has 0 spiro atoms. The number of carboxylic acids is 1. The highest BCUT2D eigenvalue weighted by Crippen LogP contribution is 2.16. The maximum atomic E-state index is 12.3. The molecule has 0 unspecified atom stereocenters. The Kier molecular flexibility index (Phi) is 5.53. The minimum atomic E-state index is -1.02. The van der Waals surface area contributed by atoms with Crippen molar-refractivity contribution < 1.29 is 19.4 Å². The molecule has 9 heteroatoms. The number of amides is 1. The monoisotopic (exact) mass is 365 g/mol. The highest BCUT2D eigenvalue weighted by atomic mass is 16.5. The van der Waals surface area contributed by atoms with Gasteiger partial charge in [0.15, 0.2) is 6.61 Å². The Morgan fingerprint density at radius 2 is 1.85 bits per heavy atom. The second-order valence-corrected chi connectivity index (χ2v) is 5.39. The van der Waals surface area contributed by atoms with Gasteiger partial charge in [-0.3, -0.25) is 4.79 Å². The molecule has 0 radical (unpaired) electrons. The van der Waals surface area contributed by atoms with E-state index in [1.165, 1.54) is 6.08 Å². The van der Waals surface area contributed by atoms with Gasteiger partial charge in [0.2, 0.25) is 5.82 Å². The van der Waals surface area contributed by atoms with Gasteiger partial charge in [-0.2, -0.15) is 5.21 Å². The number of carbonyl (C=O) groups excluding carboxylic acids is 1. The average Bonchev–Trinajstić information content (AvgIpc) is 3.20. The molecule has 9 nitrogen and oxygen atoms in total. The second kappa shape index (κ2) is 8.39. The van der Waals surface area contributed by atoms with Crippen LogP contribution < -0.4 is 10.1 Å². The molecule has 0 aliphatic carbocycles. The Labute approximate surface area is 153 Å². The summed E-state index contributed by atoms with van der Waals surface area (Å²) in [6.45, 7) is 0.171. The van der Waals surface area contributed by atoms with E-state index in [1.807, 2.05) is 0 Å². The molecule has 0 aliphatic rings. The number of rotatable bonds is 7. The lowest BCUT2D eigenvalue weighted by atomic mass is 10.1. The molecule has 2 aromatic carbocycles. The summed E-state index contributed by atoms with van der Waals surface area (Å²) in [6, 6.07) is 13.5. The normalized spacial score (nSPS) is 10.7. The average molecular weight is 365 g/mol. The molecular weight excluding hydrogens is 350 g/mol. The van der Waals surface area contributed by atoms with Gasteiger partial charge in [-0.05, 0) is 48.0 Å². The number of aliphatic carboxylic acids is 1. The summed E-state index contributed by atoms with van der Waals surface area (Å²) in [5.41, 5.74) is 1.79. The van der Waals surface area contributed by atoms with Crippen LogP contribution in [0.2, 0.25) is 0 Å². The fourth-order valence-electron chi connectivity index (χ4n) is 2.14. The van der Waals surface area contributed by atoms with E-state index in [1.54, 1.807) is 48.5 Å². The summed E-state index contributed by atoms with van der Waals surface area (Å²) < 4.78 is 5.49. The molecule has 1 amide bonds. The zero-order chi connectivity index (χ0) is 19.1. The summed E-state index contributed by atoms with van der Waals surface area (Å²) in [6.07, 6.45) is 2.52. The van der Waals surface area contributed by atoms with Crippen LogP contribution in [0.15, 0.2) is 54.6 Å². The van der Waals surface area contributed by atoms with Crippen molar-refractivity contribution in [3.8, 4) is 5.75 Å². The predicted octanol–water partition coefficient (Wildman–Crippen LogP) is 2.13. The summed E-state index contributed by atoms with van der Waals surface area (Å²) >= 11 is 0. The molecule has 3 rings (SSSR count). The maximum absolute atomic E-state index is 12.3. The Morgan fingerprint density at radius 3 is 2.48 bits per heavy atom. The van der Waals surface area contributed by atoms with E-state index in [4.69, 9.17) is 9.84 Å². The number of nitrogens with one attached hydrogen (secondary N) is 2. The molecule has 136 valence electrons. The second-order valence-electron chi connectivity index (χ2n) is 5.39. The number of tetrazole rings is 1. The number of aromatic nitrogens is 4. The van der Waals surface area contributed by atoms with Crippen molar-refractivity contribution in [1.29, 1.82) is 0 Å². The molecule has 0 atom stereocenters. The molecule has 27 heavy (non-hydrogen) atoms. The highest BCUT2D eigenvalue weighted by molar-refractivity contribution is 6.04. The van der Waals surface area contributed by atoms with Crippen LogP contribution in [0.5, 0.6) is 5.75 Å². The van der Waals surface area contributed by atoms with E-state index in [0.717, 1.165) is 11.6 Å². The van der Waals surface area contributed by atoms with Crippen molar-refractivity contribution in [3.63, 3.8) is 0 Å². The number of ether oxygens (including phenoxy) is 1. The van der Waals surface area contributed by atoms with Crippen molar-refractivity contribution in [1.82, 2.24) is 20.6 Å². The number of hydrogen-bond donors (Lipinski definition) is 3. The molecule has 0 fully saturated rings. The van der Waals surface area contributed by atoms with E-state index < -0.39 is 5.97 Å². The number of aromatic amines is 1. The lowest BCUT2D eigenvalue weighted by molar-refractivity contribution is -0.131. The fourth-order valence-corrected chi connectivity index (χ4v) is 2.14. The SMILES string of the molecule is O=C(O)/C=C/c1ccc(NC(=O)c2ccc(OCc3nn[nH]n3)cc2)cc1. The molecule has 0 bridgehead atoms. The van der Waals surface area contributed by atoms with Crippen LogP contribution >= 0.6 is 0 Å². The van der Waals surface area contributed by atoms with Gasteiger partial charge in [0.25, 0.3) is 5.91 Å². The van der Waals surface area contributed by atoms with Gasteiger partial charge in [0.05, 0.1) is 0 Å². The number of nitrogens with zero attached hydrogens (tertiary/aromatic N) is 3. The van der Waals surface area contributed by atoms with Crippen LogP contribution in [0.3, 0.4) is 0 Å². The first-order valence-electron chi connectivity index (χ1n) is 7.88. The first kappa shape index (κ1) is 17.8. The number of anilines is 1.